The Morgan fingerprint density at radius 2 is 2.30 bits per heavy atom. The fourth-order valence-electron chi connectivity index (χ4n) is 1.78. The van der Waals surface area contributed by atoms with Crippen molar-refractivity contribution in [3.63, 3.8) is 0 Å². The van der Waals surface area contributed by atoms with Crippen LogP contribution in [0.2, 0.25) is 0 Å². The molecule has 7 nitrogen and oxygen atoms in total. The second-order valence-electron chi connectivity index (χ2n) is 4.06. The number of aromatic nitrogens is 1. The molecule has 2 rings (SSSR count). The summed E-state index contributed by atoms with van der Waals surface area (Å²) in [5.41, 5.74) is 0.287. The molecule has 106 valence electrons. The van der Waals surface area contributed by atoms with Gasteiger partial charge >= 0.3 is 5.69 Å². The molecule has 0 radical (unpaired) electrons. The predicted molar refractivity (Wildman–Crippen MR) is 72.8 cm³/mol. The maximum atomic E-state index is 11.2. The maximum Gasteiger partial charge on any atom is 0.333 e. The van der Waals surface area contributed by atoms with Gasteiger partial charge in [-0.3, -0.25) is 10.1 Å². The minimum Gasteiger partial charge on any atom is -0.487 e. The molecule has 0 amide bonds. The molecule has 1 aromatic carbocycles. The molecular weight excluding hydrogens is 262 g/mol. The molecule has 1 N–H and O–H groups in total. The number of aryl methyl sites for hydroxylation is 1. The Balaban J connectivity index is 2.22. The number of benzene rings is 1. The lowest BCUT2D eigenvalue weighted by Crippen LogP contribution is -2.05. The Morgan fingerprint density at radius 3 is 2.90 bits per heavy atom. The number of anilines is 1. The van der Waals surface area contributed by atoms with E-state index in [0.29, 0.717) is 23.9 Å². The fourth-order valence-corrected chi connectivity index (χ4v) is 1.78. The van der Waals surface area contributed by atoms with Crippen LogP contribution in [0.15, 0.2) is 28.8 Å². The first-order valence-electron chi connectivity index (χ1n) is 6.17. The van der Waals surface area contributed by atoms with Crippen LogP contribution < -0.4 is 10.1 Å². The topological polar surface area (TPSA) is 90.4 Å². The molecule has 0 aliphatic carbocycles. The van der Waals surface area contributed by atoms with E-state index in [0.717, 1.165) is 0 Å². The van der Waals surface area contributed by atoms with Gasteiger partial charge in [-0.2, -0.15) is 0 Å². The van der Waals surface area contributed by atoms with Gasteiger partial charge in [0.05, 0.1) is 24.3 Å². The van der Waals surface area contributed by atoms with Crippen LogP contribution in [0.3, 0.4) is 0 Å². The molecule has 0 aliphatic rings. The van der Waals surface area contributed by atoms with E-state index >= 15 is 0 Å². The van der Waals surface area contributed by atoms with Crippen LogP contribution in [-0.2, 0) is 6.54 Å². The molecule has 1 heterocycles. The zero-order valence-electron chi connectivity index (χ0n) is 11.3. The lowest BCUT2D eigenvalue weighted by Gasteiger charge is -2.09. The summed E-state index contributed by atoms with van der Waals surface area (Å²) in [4.78, 5) is 14.7. The summed E-state index contributed by atoms with van der Waals surface area (Å²) in [5, 5.41) is 14.1. The van der Waals surface area contributed by atoms with E-state index in [9.17, 15) is 10.1 Å². The Labute approximate surface area is 115 Å². The molecule has 1 aromatic heterocycles. The third kappa shape index (κ3) is 3.05. The van der Waals surface area contributed by atoms with E-state index in [1.54, 1.807) is 38.2 Å². The number of nitro benzene ring substituents is 1. The van der Waals surface area contributed by atoms with Crippen molar-refractivity contribution in [2.24, 2.45) is 0 Å². The first-order valence-corrected chi connectivity index (χ1v) is 6.17. The molecule has 0 fully saturated rings. The average molecular weight is 277 g/mol. The molecule has 20 heavy (non-hydrogen) atoms. The first-order chi connectivity index (χ1) is 9.61. The van der Waals surface area contributed by atoms with Gasteiger partial charge in [0.2, 0.25) is 5.89 Å². The largest absolute Gasteiger partial charge is 0.487 e. The molecule has 0 atom stereocenters. The van der Waals surface area contributed by atoms with Gasteiger partial charge in [-0.1, -0.05) is 6.07 Å². The van der Waals surface area contributed by atoms with Gasteiger partial charge in [-0.25, -0.2) is 4.98 Å². The van der Waals surface area contributed by atoms with Crippen molar-refractivity contribution in [3.05, 3.63) is 46.2 Å². The third-order valence-corrected chi connectivity index (χ3v) is 2.58. The SMILES string of the molecule is CCOc1cccc(NCc2ncc(C)o2)c1[N+](=O)[O-]. The van der Waals surface area contributed by atoms with Crippen molar-refractivity contribution in [1.82, 2.24) is 4.98 Å². The van der Waals surface area contributed by atoms with Crippen molar-refractivity contribution in [1.29, 1.82) is 0 Å². The molecule has 2 aromatic rings. The van der Waals surface area contributed by atoms with Crippen LogP contribution >= 0.6 is 0 Å². The first kappa shape index (κ1) is 13.9. The normalized spacial score (nSPS) is 10.3. The minimum absolute atomic E-state index is 0.0855. The Kier molecular flexibility index (Phi) is 4.19. The second kappa shape index (κ2) is 6.05. The van der Waals surface area contributed by atoms with Crippen LogP contribution in [0.5, 0.6) is 5.75 Å². The molecular formula is C13H15N3O4. The van der Waals surface area contributed by atoms with Gasteiger partial charge in [0.1, 0.15) is 11.4 Å². The summed E-state index contributed by atoms with van der Waals surface area (Å²) in [6.07, 6.45) is 1.60. The summed E-state index contributed by atoms with van der Waals surface area (Å²) < 4.78 is 10.6. The highest BCUT2D eigenvalue weighted by molar-refractivity contribution is 5.68. The molecule has 0 spiro atoms. The Morgan fingerprint density at radius 1 is 1.50 bits per heavy atom. The standard InChI is InChI=1S/C13H15N3O4/c1-3-19-11-6-4-5-10(13(11)16(17)18)14-8-12-15-7-9(2)20-12/h4-7,14H,3,8H2,1-2H3. The number of rotatable bonds is 6. The van der Waals surface area contributed by atoms with Crippen molar-refractivity contribution in [3.8, 4) is 5.75 Å². The van der Waals surface area contributed by atoms with Gasteiger partial charge in [0.15, 0.2) is 5.75 Å². The lowest BCUT2D eigenvalue weighted by molar-refractivity contribution is -0.384. The van der Waals surface area contributed by atoms with Gasteiger partial charge in [-0.05, 0) is 26.0 Å². The molecule has 0 saturated heterocycles. The van der Waals surface area contributed by atoms with Crippen LogP contribution in [-0.4, -0.2) is 16.5 Å². The van der Waals surface area contributed by atoms with E-state index in [1.807, 2.05) is 0 Å². The monoisotopic (exact) mass is 277 g/mol. The van der Waals surface area contributed by atoms with Crippen LogP contribution in [0.25, 0.3) is 0 Å². The van der Waals surface area contributed by atoms with E-state index in [1.165, 1.54) is 0 Å². The van der Waals surface area contributed by atoms with E-state index < -0.39 is 4.92 Å². The van der Waals surface area contributed by atoms with Crippen molar-refractivity contribution < 1.29 is 14.1 Å². The smallest absolute Gasteiger partial charge is 0.333 e. The molecule has 0 bridgehead atoms. The summed E-state index contributed by atoms with van der Waals surface area (Å²) in [7, 11) is 0. The highest BCUT2D eigenvalue weighted by Gasteiger charge is 2.20. The summed E-state index contributed by atoms with van der Waals surface area (Å²) in [6, 6.07) is 4.89. The molecule has 0 unspecified atom stereocenters. The highest BCUT2D eigenvalue weighted by Crippen LogP contribution is 2.34. The average Bonchev–Trinajstić information content (AvgIpc) is 2.82. The van der Waals surface area contributed by atoms with Gasteiger partial charge in [0.25, 0.3) is 0 Å². The van der Waals surface area contributed by atoms with Crippen molar-refractivity contribution in [2.75, 3.05) is 11.9 Å². The molecule has 0 saturated carbocycles. The highest BCUT2D eigenvalue weighted by atomic mass is 16.6. The second-order valence-corrected chi connectivity index (χ2v) is 4.06. The number of nitro groups is 1. The number of hydrogen-bond donors (Lipinski definition) is 1. The van der Waals surface area contributed by atoms with E-state index in [2.05, 4.69) is 10.3 Å². The zero-order chi connectivity index (χ0) is 14.5. The van der Waals surface area contributed by atoms with Gasteiger partial charge < -0.3 is 14.5 Å². The summed E-state index contributed by atoms with van der Waals surface area (Å²) >= 11 is 0. The van der Waals surface area contributed by atoms with E-state index in [-0.39, 0.29) is 18.0 Å². The maximum absolute atomic E-state index is 11.2. The van der Waals surface area contributed by atoms with Crippen LogP contribution in [0.1, 0.15) is 18.6 Å². The number of nitrogens with zero attached hydrogens (tertiary/aromatic N) is 2. The molecule has 7 heteroatoms. The zero-order valence-corrected chi connectivity index (χ0v) is 11.3. The summed E-state index contributed by atoms with van der Waals surface area (Å²) in [5.74, 6) is 1.41. The molecule has 0 aliphatic heterocycles. The number of oxazole rings is 1. The number of para-hydroxylation sites is 1. The number of hydrogen-bond acceptors (Lipinski definition) is 6. The predicted octanol–water partition coefficient (Wildman–Crippen LogP) is 2.90. The Hall–Kier alpha value is -2.57. The van der Waals surface area contributed by atoms with Gasteiger partial charge in [-0.15, -0.1) is 0 Å². The number of nitrogens with one attached hydrogen (secondary N) is 1. The van der Waals surface area contributed by atoms with E-state index in [4.69, 9.17) is 9.15 Å². The van der Waals surface area contributed by atoms with Crippen LogP contribution in [0.4, 0.5) is 11.4 Å². The lowest BCUT2D eigenvalue weighted by atomic mass is 10.2. The van der Waals surface area contributed by atoms with Crippen molar-refractivity contribution >= 4 is 11.4 Å². The minimum atomic E-state index is -0.464. The fraction of sp³-hybridized carbons (Fsp3) is 0.308. The van der Waals surface area contributed by atoms with Gasteiger partial charge in [0, 0.05) is 0 Å². The van der Waals surface area contributed by atoms with Crippen LogP contribution in [0, 0.1) is 17.0 Å². The summed E-state index contributed by atoms with van der Waals surface area (Å²) in [6.45, 7) is 4.20. The quantitative estimate of drug-likeness (QED) is 0.645. The number of ether oxygens (including phenoxy) is 1. The van der Waals surface area contributed by atoms with Crippen molar-refractivity contribution in [2.45, 2.75) is 20.4 Å². The Bertz CT molecular complexity index is 609. The third-order valence-electron chi connectivity index (χ3n) is 2.58.